The van der Waals surface area contributed by atoms with E-state index in [9.17, 15) is 14.9 Å². The second-order valence-corrected chi connectivity index (χ2v) is 5.36. The zero-order chi connectivity index (χ0) is 14.8. The molecule has 0 bridgehead atoms. The van der Waals surface area contributed by atoms with Crippen LogP contribution in [0, 0.1) is 17.0 Å². The lowest BCUT2D eigenvalue weighted by atomic mass is 10.0. The summed E-state index contributed by atoms with van der Waals surface area (Å²) < 4.78 is 0. The second-order valence-electron chi connectivity index (χ2n) is 5.09. The molecule has 0 spiro atoms. The highest BCUT2D eigenvalue weighted by molar-refractivity contribution is 6.18. The summed E-state index contributed by atoms with van der Waals surface area (Å²) in [6, 6.07) is 4.49. The third-order valence-electron chi connectivity index (χ3n) is 3.12. The quantitative estimate of drug-likeness (QED) is 0.485. The van der Waals surface area contributed by atoms with E-state index in [1.54, 1.807) is 33.9 Å². The lowest BCUT2D eigenvalue weighted by Crippen LogP contribution is -2.46. The number of amides is 1. The van der Waals surface area contributed by atoms with Crippen molar-refractivity contribution in [2.45, 2.75) is 26.3 Å². The van der Waals surface area contributed by atoms with Crippen LogP contribution in [0.5, 0.6) is 0 Å². The van der Waals surface area contributed by atoms with Crippen molar-refractivity contribution in [3.05, 3.63) is 39.4 Å². The maximum absolute atomic E-state index is 12.4. The lowest BCUT2D eigenvalue weighted by Gasteiger charge is -2.33. The number of alkyl halides is 1. The summed E-state index contributed by atoms with van der Waals surface area (Å²) in [4.78, 5) is 24.3. The van der Waals surface area contributed by atoms with Crippen LogP contribution in [0.1, 0.15) is 29.8 Å². The summed E-state index contributed by atoms with van der Waals surface area (Å²) in [5.41, 5.74) is 0.125. The Balaban J connectivity index is 3.26. The molecule has 1 aromatic rings. The minimum Gasteiger partial charge on any atom is -0.335 e. The van der Waals surface area contributed by atoms with E-state index in [4.69, 9.17) is 11.6 Å². The Morgan fingerprint density at radius 3 is 2.53 bits per heavy atom. The van der Waals surface area contributed by atoms with E-state index in [0.29, 0.717) is 0 Å². The first kappa shape index (κ1) is 15.4. The van der Waals surface area contributed by atoms with Crippen molar-refractivity contribution in [2.75, 3.05) is 12.9 Å². The molecule has 5 nitrogen and oxygen atoms in total. The highest BCUT2D eigenvalue weighted by Gasteiger charge is 2.31. The molecule has 0 saturated heterocycles. The molecule has 0 aromatic heterocycles. The number of nitrogens with zero attached hydrogens (tertiary/aromatic N) is 2. The molecule has 19 heavy (non-hydrogen) atoms. The first-order valence-corrected chi connectivity index (χ1v) is 6.33. The normalized spacial score (nSPS) is 11.2. The zero-order valence-corrected chi connectivity index (χ0v) is 12.2. The Morgan fingerprint density at radius 1 is 1.47 bits per heavy atom. The van der Waals surface area contributed by atoms with Crippen LogP contribution in [0.4, 0.5) is 5.69 Å². The average molecular weight is 285 g/mol. The fraction of sp³-hybridized carbons (Fsp3) is 0.462. The summed E-state index contributed by atoms with van der Waals surface area (Å²) >= 11 is 5.83. The van der Waals surface area contributed by atoms with Crippen LogP contribution in [0.15, 0.2) is 18.2 Å². The minimum absolute atomic E-state index is 0.0886. The van der Waals surface area contributed by atoms with Gasteiger partial charge in [-0.05, 0) is 32.4 Å². The highest BCUT2D eigenvalue weighted by Crippen LogP contribution is 2.24. The van der Waals surface area contributed by atoms with Crippen molar-refractivity contribution in [1.82, 2.24) is 4.90 Å². The maximum Gasteiger partial charge on any atom is 0.282 e. The van der Waals surface area contributed by atoms with Crippen LogP contribution in [0.3, 0.4) is 0 Å². The van der Waals surface area contributed by atoms with Gasteiger partial charge in [0.2, 0.25) is 0 Å². The first-order chi connectivity index (χ1) is 8.70. The number of hydrogen-bond acceptors (Lipinski definition) is 3. The van der Waals surface area contributed by atoms with Gasteiger partial charge in [-0.25, -0.2) is 0 Å². The Morgan fingerprint density at radius 2 is 2.05 bits per heavy atom. The van der Waals surface area contributed by atoms with Crippen molar-refractivity contribution < 1.29 is 9.72 Å². The zero-order valence-electron chi connectivity index (χ0n) is 11.4. The lowest BCUT2D eigenvalue weighted by molar-refractivity contribution is -0.385. The van der Waals surface area contributed by atoms with Crippen LogP contribution in [-0.4, -0.2) is 34.2 Å². The van der Waals surface area contributed by atoms with Gasteiger partial charge in [-0.2, -0.15) is 0 Å². The summed E-state index contributed by atoms with van der Waals surface area (Å²) in [6.45, 7) is 5.40. The molecule has 0 aliphatic rings. The number of hydrogen-bond donors (Lipinski definition) is 0. The highest BCUT2D eigenvalue weighted by atomic mass is 35.5. The van der Waals surface area contributed by atoms with Gasteiger partial charge in [-0.1, -0.05) is 6.07 Å². The third-order valence-corrected chi connectivity index (χ3v) is 3.77. The van der Waals surface area contributed by atoms with E-state index in [0.717, 1.165) is 5.56 Å². The average Bonchev–Trinajstić information content (AvgIpc) is 2.36. The molecule has 0 aliphatic heterocycles. The largest absolute Gasteiger partial charge is 0.335 e. The Labute approximate surface area is 117 Å². The van der Waals surface area contributed by atoms with E-state index in [1.807, 2.05) is 0 Å². The predicted octanol–water partition coefficient (Wildman–Crippen LogP) is 2.99. The van der Waals surface area contributed by atoms with E-state index < -0.39 is 16.4 Å². The van der Waals surface area contributed by atoms with Gasteiger partial charge >= 0.3 is 0 Å². The molecular formula is C13H17ClN2O3. The van der Waals surface area contributed by atoms with Gasteiger partial charge in [0.1, 0.15) is 5.56 Å². The molecule has 1 amide bonds. The minimum atomic E-state index is -0.573. The van der Waals surface area contributed by atoms with Gasteiger partial charge in [0.25, 0.3) is 11.6 Å². The summed E-state index contributed by atoms with van der Waals surface area (Å²) in [5.74, 6) is -0.157. The summed E-state index contributed by atoms with van der Waals surface area (Å²) in [7, 11) is 1.59. The molecular weight excluding hydrogens is 268 g/mol. The molecule has 0 aliphatic carbocycles. The van der Waals surface area contributed by atoms with Gasteiger partial charge in [-0.3, -0.25) is 14.9 Å². The SMILES string of the molecule is Cc1ccc([N+](=O)[O-])c(C(=O)N(C)C(C)(C)CCl)c1. The van der Waals surface area contributed by atoms with Crippen molar-refractivity contribution in [1.29, 1.82) is 0 Å². The number of benzene rings is 1. The fourth-order valence-electron chi connectivity index (χ4n) is 1.53. The van der Waals surface area contributed by atoms with Crippen molar-refractivity contribution in [3.63, 3.8) is 0 Å². The molecule has 0 radical (unpaired) electrons. The Bertz CT molecular complexity index is 515. The number of nitro groups is 1. The van der Waals surface area contributed by atoms with Gasteiger partial charge in [-0.15, -0.1) is 11.6 Å². The second kappa shape index (κ2) is 5.57. The number of carbonyl (C=O) groups is 1. The monoisotopic (exact) mass is 284 g/mol. The molecule has 6 heteroatoms. The number of aryl methyl sites for hydroxylation is 1. The fourth-order valence-corrected chi connectivity index (χ4v) is 1.70. The van der Waals surface area contributed by atoms with Crippen LogP contribution < -0.4 is 0 Å². The molecule has 0 unspecified atom stereocenters. The summed E-state index contributed by atoms with van der Waals surface area (Å²) in [6.07, 6.45) is 0. The molecule has 1 aromatic carbocycles. The van der Waals surface area contributed by atoms with E-state index >= 15 is 0 Å². The number of rotatable bonds is 4. The van der Waals surface area contributed by atoms with Crippen molar-refractivity contribution in [2.24, 2.45) is 0 Å². The van der Waals surface area contributed by atoms with Gasteiger partial charge < -0.3 is 4.90 Å². The standard InChI is InChI=1S/C13H17ClN2O3/c1-9-5-6-11(16(18)19)10(7-9)12(17)15(4)13(2,3)8-14/h5-7H,8H2,1-4H3. The number of carbonyl (C=O) groups excluding carboxylic acids is 1. The van der Waals surface area contributed by atoms with Crippen LogP contribution in [-0.2, 0) is 0 Å². The summed E-state index contributed by atoms with van der Waals surface area (Å²) in [5, 5.41) is 11.0. The van der Waals surface area contributed by atoms with E-state index in [2.05, 4.69) is 0 Å². The number of nitro benzene ring substituents is 1. The maximum atomic E-state index is 12.4. The van der Waals surface area contributed by atoms with Gasteiger partial charge in [0.05, 0.1) is 10.5 Å². The predicted molar refractivity (Wildman–Crippen MR) is 74.7 cm³/mol. The molecule has 0 N–H and O–H groups in total. The van der Waals surface area contributed by atoms with Crippen molar-refractivity contribution >= 4 is 23.2 Å². The third kappa shape index (κ3) is 3.23. The van der Waals surface area contributed by atoms with E-state index in [1.165, 1.54) is 17.0 Å². The number of halogens is 1. The topological polar surface area (TPSA) is 63.5 Å². The van der Waals surface area contributed by atoms with Crippen LogP contribution in [0.2, 0.25) is 0 Å². The van der Waals surface area contributed by atoms with Gasteiger partial charge in [0.15, 0.2) is 0 Å². The molecule has 0 atom stereocenters. The molecule has 1 rings (SSSR count). The van der Waals surface area contributed by atoms with Crippen molar-refractivity contribution in [3.8, 4) is 0 Å². The Kier molecular flexibility index (Phi) is 4.52. The smallest absolute Gasteiger partial charge is 0.282 e. The molecule has 0 fully saturated rings. The molecule has 104 valence electrons. The molecule has 0 heterocycles. The Hall–Kier alpha value is -1.62. The molecule has 0 saturated carbocycles. The first-order valence-electron chi connectivity index (χ1n) is 5.80. The van der Waals surface area contributed by atoms with E-state index in [-0.39, 0.29) is 17.1 Å². The van der Waals surface area contributed by atoms with Crippen LogP contribution >= 0.6 is 11.6 Å². The van der Waals surface area contributed by atoms with Gasteiger partial charge in [0, 0.05) is 19.0 Å². The van der Waals surface area contributed by atoms with Crippen LogP contribution in [0.25, 0.3) is 0 Å².